The van der Waals surface area contributed by atoms with Crippen molar-refractivity contribution in [2.75, 3.05) is 13.9 Å². The fourth-order valence-corrected chi connectivity index (χ4v) is 1.06. The third kappa shape index (κ3) is 2.90. The lowest BCUT2D eigenvalue weighted by atomic mass is 10.0. The molecular formula is C9H11NO3. The van der Waals surface area contributed by atoms with Crippen molar-refractivity contribution in [1.82, 2.24) is 0 Å². The first-order valence-corrected chi connectivity index (χ1v) is 3.88. The molecule has 0 saturated carbocycles. The molecular weight excluding hydrogens is 170 g/mol. The van der Waals surface area contributed by atoms with Crippen molar-refractivity contribution in [3.8, 4) is 6.07 Å². The molecule has 0 aliphatic heterocycles. The van der Waals surface area contributed by atoms with Crippen LogP contribution in [0.3, 0.4) is 0 Å². The minimum atomic E-state index is -0.633. The van der Waals surface area contributed by atoms with Crippen molar-refractivity contribution in [3.63, 3.8) is 0 Å². The fourth-order valence-electron chi connectivity index (χ4n) is 1.06. The van der Waals surface area contributed by atoms with Crippen molar-refractivity contribution < 1.29 is 14.6 Å². The summed E-state index contributed by atoms with van der Waals surface area (Å²) in [5, 5.41) is 17.9. The number of hydrogen-bond donors (Lipinski definition) is 1. The number of aliphatic hydroxyl groups is 1. The summed E-state index contributed by atoms with van der Waals surface area (Å²) in [6.45, 7) is 0.136. The highest BCUT2D eigenvalue weighted by Gasteiger charge is 2.13. The second-order valence-electron chi connectivity index (χ2n) is 2.67. The zero-order valence-corrected chi connectivity index (χ0v) is 7.36. The van der Waals surface area contributed by atoms with E-state index in [0.29, 0.717) is 17.8 Å². The van der Waals surface area contributed by atoms with Crippen molar-refractivity contribution in [1.29, 1.82) is 5.26 Å². The van der Waals surface area contributed by atoms with Gasteiger partial charge in [-0.2, -0.15) is 5.26 Å². The van der Waals surface area contributed by atoms with Gasteiger partial charge in [-0.25, -0.2) is 0 Å². The topological polar surface area (TPSA) is 62.5 Å². The predicted octanol–water partition coefficient (Wildman–Crippen LogP) is 0.705. The lowest BCUT2D eigenvalue weighted by molar-refractivity contribution is -0.00256. The number of rotatable bonds is 3. The molecule has 0 aromatic heterocycles. The Morgan fingerprint density at radius 3 is 3.15 bits per heavy atom. The highest BCUT2D eigenvalue weighted by atomic mass is 16.7. The third-order valence-corrected chi connectivity index (χ3v) is 1.59. The smallest absolute Gasteiger partial charge is 0.188 e. The average molecular weight is 181 g/mol. The van der Waals surface area contributed by atoms with Gasteiger partial charge in [0.15, 0.2) is 6.79 Å². The van der Waals surface area contributed by atoms with E-state index in [2.05, 4.69) is 0 Å². The summed E-state index contributed by atoms with van der Waals surface area (Å²) in [5.74, 6) is 0.577. The third-order valence-electron chi connectivity index (χ3n) is 1.59. The summed E-state index contributed by atoms with van der Waals surface area (Å²) in [7, 11) is 1.51. The van der Waals surface area contributed by atoms with Crippen molar-refractivity contribution in [3.05, 3.63) is 23.5 Å². The molecule has 4 nitrogen and oxygen atoms in total. The molecule has 0 fully saturated rings. The quantitative estimate of drug-likeness (QED) is 0.651. The maximum atomic E-state index is 9.29. The molecule has 1 atom stereocenters. The molecule has 0 bridgehead atoms. The second kappa shape index (κ2) is 4.65. The number of aliphatic hydroxyl groups excluding tert-OH is 1. The highest BCUT2D eigenvalue weighted by molar-refractivity contribution is 5.38. The van der Waals surface area contributed by atoms with Gasteiger partial charge in [0, 0.05) is 13.5 Å². The van der Waals surface area contributed by atoms with Crippen molar-refractivity contribution in [2.24, 2.45) is 0 Å². The van der Waals surface area contributed by atoms with Crippen molar-refractivity contribution >= 4 is 0 Å². The van der Waals surface area contributed by atoms with E-state index < -0.39 is 6.10 Å². The van der Waals surface area contributed by atoms with Crippen LogP contribution in [-0.2, 0) is 9.47 Å². The van der Waals surface area contributed by atoms with Crippen LogP contribution >= 0.6 is 0 Å². The van der Waals surface area contributed by atoms with E-state index in [1.165, 1.54) is 13.2 Å². The number of methoxy groups -OCH3 is 1. The van der Waals surface area contributed by atoms with E-state index in [-0.39, 0.29) is 6.79 Å². The van der Waals surface area contributed by atoms with Gasteiger partial charge in [-0.1, -0.05) is 0 Å². The molecule has 0 aromatic carbocycles. The summed E-state index contributed by atoms with van der Waals surface area (Å²) >= 11 is 0. The Bertz CT molecular complexity index is 275. The first kappa shape index (κ1) is 9.78. The largest absolute Gasteiger partial charge is 0.472 e. The maximum absolute atomic E-state index is 9.29. The van der Waals surface area contributed by atoms with Gasteiger partial charge >= 0.3 is 0 Å². The zero-order chi connectivity index (χ0) is 9.68. The van der Waals surface area contributed by atoms with E-state index in [4.69, 9.17) is 14.7 Å². The normalized spacial score (nSPS) is 21.5. The molecule has 4 heteroatoms. The minimum Gasteiger partial charge on any atom is -0.472 e. The van der Waals surface area contributed by atoms with E-state index in [1.807, 2.05) is 6.07 Å². The summed E-state index contributed by atoms with van der Waals surface area (Å²) in [6.07, 6.45) is 2.87. The SMILES string of the molecule is COCOC1=CC(C#N)=CC(O)C1. The van der Waals surface area contributed by atoms with Crippen LogP contribution in [0.2, 0.25) is 0 Å². The maximum Gasteiger partial charge on any atom is 0.188 e. The highest BCUT2D eigenvalue weighted by Crippen LogP contribution is 2.18. The average Bonchev–Trinajstić information content (AvgIpc) is 2.14. The first-order chi connectivity index (χ1) is 6.26. The molecule has 1 unspecified atom stereocenters. The van der Waals surface area contributed by atoms with Crippen LogP contribution in [0, 0.1) is 11.3 Å². The summed E-state index contributed by atoms with van der Waals surface area (Å²) in [6, 6.07) is 1.94. The second-order valence-corrected chi connectivity index (χ2v) is 2.67. The van der Waals surface area contributed by atoms with E-state index >= 15 is 0 Å². The fraction of sp³-hybridized carbons (Fsp3) is 0.444. The Hall–Kier alpha value is -1.31. The van der Waals surface area contributed by atoms with Crippen LogP contribution in [0.25, 0.3) is 0 Å². The number of nitrogens with zero attached hydrogens (tertiary/aromatic N) is 1. The van der Waals surface area contributed by atoms with Gasteiger partial charge in [0.25, 0.3) is 0 Å². The lowest BCUT2D eigenvalue weighted by Gasteiger charge is -2.15. The van der Waals surface area contributed by atoms with Gasteiger partial charge in [-0.05, 0) is 12.2 Å². The molecule has 1 aliphatic rings. The van der Waals surface area contributed by atoms with E-state index in [9.17, 15) is 5.11 Å². The van der Waals surface area contributed by atoms with E-state index in [1.54, 1.807) is 6.08 Å². The summed E-state index contributed by atoms with van der Waals surface area (Å²) in [4.78, 5) is 0. The molecule has 1 N–H and O–H groups in total. The molecule has 0 heterocycles. The Kier molecular flexibility index (Phi) is 3.50. The Labute approximate surface area is 76.7 Å². The van der Waals surface area contributed by atoms with Crippen molar-refractivity contribution in [2.45, 2.75) is 12.5 Å². The Morgan fingerprint density at radius 1 is 1.77 bits per heavy atom. The molecule has 0 radical (unpaired) electrons. The number of hydrogen-bond acceptors (Lipinski definition) is 4. The van der Waals surface area contributed by atoms with Crippen LogP contribution in [0.4, 0.5) is 0 Å². The molecule has 1 rings (SSSR count). The first-order valence-electron chi connectivity index (χ1n) is 3.88. The Morgan fingerprint density at radius 2 is 2.54 bits per heavy atom. The molecule has 0 aromatic rings. The van der Waals surface area contributed by atoms with Crippen LogP contribution in [0.15, 0.2) is 23.5 Å². The van der Waals surface area contributed by atoms with Gasteiger partial charge in [0.2, 0.25) is 0 Å². The minimum absolute atomic E-state index is 0.136. The summed E-state index contributed by atoms with van der Waals surface area (Å²) in [5.41, 5.74) is 0.421. The number of ether oxygens (including phenoxy) is 2. The number of allylic oxidation sites excluding steroid dienone is 2. The molecule has 0 saturated heterocycles. The van der Waals surface area contributed by atoms with Gasteiger partial charge < -0.3 is 14.6 Å². The number of nitriles is 1. The van der Waals surface area contributed by atoms with Crippen LogP contribution in [0.1, 0.15) is 6.42 Å². The summed E-state index contributed by atoms with van der Waals surface area (Å²) < 4.78 is 9.82. The Balaban J connectivity index is 2.61. The predicted molar refractivity (Wildman–Crippen MR) is 45.4 cm³/mol. The van der Waals surface area contributed by atoms with E-state index in [0.717, 1.165) is 0 Å². The van der Waals surface area contributed by atoms with Gasteiger partial charge in [-0.15, -0.1) is 0 Å². The van der Waals surface area contributed by atoms with Gasteiger partial charge in [-0.3, -0.25) is 0 Å². The van der Waals surface area contributed by atoms with Gasteiger partial charge in [0.05, 0.1) is 17.7 Å². The molecule has 70 valence electrons. The van der Waals surface area contributed by atoms with Crippen LogP contribution in [-0.4, -0.2) is 25.1 Å². The van der Waals surface area contributed by atoms with Gasteiger partial charge in [0.1, 0.15) is 5.76 Å². The monoisotopic (exact) mass is 181 g/mol. The standard InChI is InChI=1S/C9H11NO3/c1-12-6-13-9-3-7(5-10)2-8(11)4-9/h2-3,8,11H,4,6H2,1H3. The molecule has 0 spiro atoms. The molecule has 1 aliphatic carbocycles. The lowest BCUT2D eigenvalue weighted by Crippen LogP contribution is -2.11. The molecule has 0 amide bonds. The van der Waals surface area contributed by atoms with Crippen LogP contribution < -0.4 is 0 Å². The van der Waals surface area contributed by atoms with Crippen LogP contribution in [0.5, 0.6) is 0 Å². The molecule has 13 heavy (non-hydrogen) atoms. The zero-order valence-electron chi connectivity index (χ0n) is 7.36.